The fraction of sp³-hybridized carbons (Fsp3) is 0.304. The summed E-state index contributed by atoms with van der Waals surface area (Å²) in [4.78, 5) is 25.9. The molecule has 1 aliphatic rings. The molecule has 4 rings (SSSR count). The number of piperidine rings is 1. The molecule has 3 aromatic rings. The summed E-state index contributed by atoms with van der Waals surface area (Å²) in [6.45, 7) is 1.13. The van der Waals surface area contributed by atoms with Crippen molar-refractivity contribution < 1.29 is 9.59 Å². The van der Waals surface area contributed by atoms with E-state index in [0.29, 0.717) is 37.5 Å². The smallest absolute Gasteiger partial charge is 0.233 e. The zero-order valence-corrected chi connectivity index (χ0v) is 18.0. The highest BCUT2D eigenvalue weighted by Gasteiger charge is 2.26. The predicted molar refractivity (Wildman–Crippen MR) is 120 cm³/mol. The quantitative estimate of drug-likeness (QED) is 0.576. The summed E-state index contributed by atoms with van der Waals surface area (Å²) < 4.78 is 2.02. The first-order valence-electron chi connectivity index (χ1n) is 10.4. The standard InChI is InChI=1S/C23H25N5O2S/c24-22(30)18-11-13-27(14-12-18)21(29)16-31-23-26-25-20(15-17-7-3-1-4-8-17)28(23)19-9-5-2-6-10-19/h1-10,18H,11-16H2,(H2,24,30). The van der Waals surface area contributed by atoms with Crippen LogP contribution in [-0.2, 0) is 16.0 Å². The number of aromatic nitrogens is 3. The van der Waals surface area contributed by atoms with Gasteiger partial charge in [0.25, 0.3) is 0 Å². The molecule has 7 nitrogen and oxygen atoms in total. The third-order valence-electron chi connectivity index (χ3n) is 5.49. The summed E-state index contributed by atoms with van der Waals surface area (Å²) in [5, 5.41) is 9.50. The van der Waals surface area contributed by atoms with Crippen LogP contribution in [-0.4, -0.2) is 50.3 Å². The van der Waals surface area contributed by atoms with E-state index in [1.807, 2.05) is 53.1 Å². The molecule has 2 heterocycles. The molecule has 0 unspecified atom stereocenters. The van der Waals surface area contributed by atoms with Crippen LogP contribution in [0.4, 0.5) is 0 Å². The fourth-order valence-electron chi connectivity index (χ4n) is 3.75. The van der Waals surface area contributed by atoms with Gasteiger partial charge in [0.1, 0.15) is 5.82 Å². The Hall–Kier alpha value is -3.13. The maximum atomic E-state index is 12.7. The second-order valence-corrected chi connectivity index (χ2v) is 8.52. The van der Waals surface area contributed by atoms with Crippen LogP contribution in [0.25, 0.3) is 5.69 Å². The molecule has 1 fully saturated rings. The van der Waals surface area contributed by atoms with Crippen molar-refractivity contribution in [2.24, 2.45) is 11.7 Å². The molecule has 0 aliphatic carbocycles. The lowest BCUT2D eigenvalue weighted by Crippen LogP contribution is -2.42. The number of nitrogens with zero attached hydrogens (tertiary/aromatic N) is 4. The first-order chi connectivity index (χ1) is 15.1. The summed E-state index contributed by atoms with van der Waals surface area (Å²) >= 11 is 1.39. The molecule has 2 N–H and O–H groups in total. The van der Waals surface area contributed by atoms with Gasteiger partial charge in [-0.3, -0.25) is 14.2 Å². The van der Waals surface area contributed by atoms with Crippen LogP contribution >= 0.6 is 11.8 Å². The zero-order chi connectivity index (χ0) is 21.6. The van der Waals surface area contributed by atoms with Crippen molar-refractivity contribution >= 4 is 23.6 Å². The number of nitrogens with two attached hydrogens (primary N) is 1. The maximum Gasteiger partial charge on any atom is 0.233 e. The van der Waals surface area contributed by atoms with Crippen LogP contribution in [0, 0.1) is 5.92 Å². The van der Waals surface area contributed by atoms with Crippen molar-refractivity contribution in [1.29, 1.82) is 0 Å². The second kappa shape index (κ2) is 9.78. The topological polar surface area (TPSA) is 94.1 Å². The number of carbonyl (C=O) groups is 2. The number of amides is 2. The molecule has 0 radical (unpaired) electrons. The summed E-state index contributed by atoms with van der Waals surface area (Å²) in [6, 6.07) is 20.1. The Labute approximate surface area is 185 Å². The Bertz CT molecular complexity index is 1030. The molecular weight excluding hydrogens is 410 g/mol. The molecule has 0 spiro atoms. The van der Waals surface area contributed by atoms with Gasteiger partial charge in [0.15, 0.2) is 5.16 Å². The minimum Gasteiger partial charge on any atom is -0.369 e. The third-order valence-corrected chi connectivity index (χ3v) is 6.41. The van der Waals surface area contributed by atoms with E-state index in [1.54, 1.807) is 4.90 Å². The lowest BCUT2D eigenvalue weighted by atomic mass is 9.96. The van der Waals surface area contributed by atoms with Crippen molar-refractivity contribution in [2.75, 3.05) is 18.8 Å². The minimum absolute atomic E-state index is 0.0418. The van der Waals surface area contributed by atoms with E-state index in [0.717, 1.165) is 17.1 Å². The SMILES string of the molecule is NC(=O)C1CCN(C(=O)CSc2nnc(Cc3ccccc3)n2-c2ccccc2)CC1. The monoisotopic (exact) mass is 435 g/mol. The number of hydrogen-bond donors (Lipinski definition) is 1. The van der Waals surface area contributed by atoms with E-state index in [-0.39, 0.29) is 23.5 Å². The molecule has 2 amide bonds. The highest BCUT2D eigenvalue weighted by molar-refractivity contribution is 7.99. The minimum atomic E-state index is -0.275. The molecule has 160 valence electrons. The largest absolute Gasteiger partial charge is 0.369 e. The molecule has 0 saturated carbocycles. The van der Waals surface area contributed by atoms with Gasteiger partial charge in [-0.15, -0.1) is 10.2 Å². The first kappa shape index (κ1) is 21.1. The molecule has 0 bridgehead atoms. The second-order valence-electron chi connectivity index (χ2n) is 7.58. The van der Waals surface area contributed by atoms with Gasteiger partial charge in [-0.05, 0) is 30.5 Å². The van der Waals surface area contributed by atoms with Crippen molar-refractivity contribution in [2.45, 2.75) is 24.4 Å². The van der Waals surface area contributed by atoms with Gasteiger partial charge in [-0.25, -0.2) is 0 Å². The average molecular weight is 436 g/mol. The number of primary amides is 1. The molecule has 8 heteroatoms. The Balaban J connectivity index is 1.48. The number of hydrogen-bond acceptors (Lipinski definition) is 5. The van der Waals surface area contributed by atoms with E-state index in [1.165, 1.54) is 11.8 Å². The predicted octanol–water partition coefficient (Wildman–Crippen LogP) is 2.67. The zero-order valence-electron chi connectivity index (χ0n) is 17.2. The van der Waals surface area contributed by atoms with Crippen LogP contribution in [0.1, 0.15) is 24.2 Å². The van der Waals surface area contributed by atoms with E-state index >= 15 is 0 Å². The molecule has 1 aromatic heterocycles. The lowest BCUT2D eigenvalue weighted by molar-refractivity contribution is -0.132. The highest BCUT2D eigenvalue weighted by Crippen LogP contribution is 2.25. The molecule has 1 saturated heterocycles. The lowest BCUT2D eigenvalue weighted by Gasteiger charge is -2.30. The van der Waals surface area contributed by atoms with Gasteiger partial charge in [0, 0.05) is 31.1 Å². The van der Waals surface area contributed by atoms with E-state index in [2.05, 4.69) is 22.3 Å². The van der Waals surface area contributed by atoms with Crippen LogP contribution < -0.4 is 5.73 Å². The maximum absolute atomic E-state index is 12.7. The van der Waals surface area contributed by atoms with Crippen LogP contribution in [0.3, 0.4) is 0 Å². The number of thioether (sulfide) groups is 1. The Kier molecular flexibility index (Phi) is 6.66. The Morgan fingerprint density at radius 2 is 1.61 bits per heavy atom. The molecule has 0 atom stereocenters. The van der Waals surface area contributed by atoms with Crippen molar-refractivity contribution in [3.8, 4) is 5.69 Å². The number of rotatable bonds is 7. The van der Waals surface area contributed by atoms with Crippen molar-refractivity contribution in [1.82, 2.24) is 19.7 Å². The number of likely N-dealkylation sites (tertiary alicyclic amines) is 1. The average Bonchev–Trinajstić information content (AvgIpc) is 3.21. The summed E-state index contributed by atoms with van der Waals surface area (Å²) in [6.07, 6.45) is 1.91. The van der Waals surface area contributed by atoms with Gasteiger partial charge >= 0.3 is 0 Å². The van der Waals surface area contributed by atoms with E-state index in [4.69, 9.17) is 5.73 Å². The summed E-state index contributed by atoms with van der Waals surface area (Å²) in [7, 11) is 0. The van der Waals surface area contributed by atoms with Crippen LogP contribution in [0.5, 0.6) is 0 Å². The normalized spacial score (nSPS) is 14.5. The summed E-state index contributed by atoms with van der Waals surface area (Å²) in [5.41, 5.74) is 7.51. The number of para-hydroxylation sites is 1. The van der Waals surface area contributed by atoms with Gasteiger partial charge < -0.3 is 10.6 Å². The Morgan fingerprint density at radius 3 is 2.26 bits per heavy atom. The van der Waals surface area contributed by atoms with E-state index in [9.17, 15) is 9.59 Å². The van der Waals surface area contributed by atoms with Gasteiger partial charge in [-0.1, -0.05) is 60.3 Å². The van der Waals surface area contributed by atoms with Gasteiger partial charge in [0.2, 0.25) is 11.8 Å². The van der Waals surface area contributed by atoms with Crippen LogP contribution in [0.2, 0.25) is 0 Å². The first-order valence-corrected chi connectivity index (χ1v) is 11.3. The van der Waals surface area contributed by atoms with Gasteiger partial charge in [-0.2, -0.15) is 0 Å². The molecule has 1 aliphatic heterocycles. The Morgan fingerprint density at radius 1 is 0.968 bits per heavy atom. The number of benzene rings is 2. The van der Waals surface area contributed by atoms with Gasteiger partial charge in [0.05, 0.1) is 5.75 Å². The molecule has 31 heavy (non-hydrogen) atoms. The van der Waals surface area contributed by atoms with Crippen molar-refractivity contribution in [3.05, 3.63) is 72.1 Å². The summed E-state index contributed by atoms with van der Waals surface area (Å²) in [5.74, 6) is 0.744. The third kappa shape index (κ3) is 5.14. The molecule has 2 aromatic carbocycles. The highest BCUT2D eigenvalue weighted by atomic mass is 32.2. The van der Waals surface area contributed by atoms with Crippen molar-refractivity contribution in [3.63, 3.8) is 0 Å². The number of carbonyl (C=O) groups excluding carboxylic acids is 2. The van der Waals surface area contributed by atoms with E-state index < -0.39 is 0 Å². The molecular formula is C23H25N5O2S. The fourth-order valence-corrected chi connectivity index (χ4v) is 4.63. The van der Waals surface area contributed by atoms with Crippen LogP contribution in [0.15, 0.2) is 65.8 Å².